The van der Waals surface area contributed by atoms with Crippen molar-refractivity contribution in [3.8, 4) is 0 Å². The van der Waals surface area contributed by atoms with Gasteiger partial charge in [-0.1, -0.05) is 19.3 Å². The van der Waals surface area contributed by atoms with Crippen LogP contribution in [0.4, 0.5) is 11.9 Å². The molecular weight excluding hydrogens is 238 g/mol. The molecule has 6 heteroatoms. The molecule has 1 aromatic rings. The van der Waals surface area contributed by atoms with Gasteiger partial charge < -0.3 is 10.6 Å². The zero-order valence-electron chi connectivity index (χ0n) is 10.0. The molecule has 1 fully saturated rings. The molecule has 0 aliphatic heterocycles. The second-order valence-corrected chi connectivity index (χ2v) is 4.72. The maximum Gasteiger partial charge on any atom is 0.228 e. The highest BCUT2D eigenvalue weighted by molar-refractivity contribution is 6.28. The van der Waals surface area contributed by atoms with Crippen molar-refractivity contribution < 1.29 is 0 Å². The zero-order chi connectivity index (χ0) is 12.1. The lowest BCUT2D eigenvalue weighted by molar-refractivity contribution is 0.373. The van der Waals surface area contributed by atoms with Gasteiger partial charge in [-0.05, 0) is 30.4 Å². The molecule has 1 aliphatic carbocycles. The van der Waals surface area contributed by atoms with E-state index in [-0.39, 0.29) is 5.28 Å². The molecule has 0 atom stereocenters. The second-order valence-electron chi connectivity index (χ2n) is 4.39. The van der Waals surface area contributed by atoms with Crippen molar-refractivity contribution in [3.63, 3.8) is 0 Å². The van der Waals surface area contributed by atoms with E-state index in [1.807, 2.05) is 0 Å². The van der Waals surface area contributed by atoms with Gasteiger partial charge in [-0.25, -0.2) is 0 Å². The lowest BCUT2D eigenvalue weighted by Gasteiger charge is -2.21. The van der Waals surface area contributed by atoms with Crippen LogP contribution in [-0.2, 0) is 0 Å². The molecule has 1 saturated carbocycles. The molecule has 0 aromatic carbocycles. The lowest BCUT2D eigenvalue weighted by atomic mass is 9.89. The number of aromatic nitrogens is 3. The van der Waals surface area contributed by atoms with Crippen LogP contribution in [0.3, 0.4) is 0 Å². The second kappa shape index (κ2) is 6.00. The minimum absolute atomic E-state index is 0.218. The van der Waals surface area contributed by atoms with Crippen molar-refractivity contribution in [3.05, 3.63) is 5.28 Å². The van der Waals surface area contributed by atoms with Crippen molar-refractivity contribution >= 4 is 23.5 Å². The molecule has 0 saturated heterocycles. The third-order valence-corrected chi connectivity index (χ3v) is 3.27. The van der Waals surface area contributed by atoms with Crippen molar-refractivity contribution in [2.75, 3.05) is 24.2 Å². The summed E-state index contributed by atoms with van der Waals surface area (Å²) in [5.74, 6) is 1.79. The summed E-state index contributed by atoms with van der Waals surface area (Å²) in [5, 5.41) is 6.32. The molecule has 1 aliphatic rings. The third kappa shape index (κ3) is 3.70. The van der Waals surface area contributed by atoms with Gasteiger partial charge in [-0.15, -0.1) is 0 Å². The summed E-state index contributed by atoms with van der Waals surface area (Å²) in [6, 6.07) is 0. The largest absolute Gasteiger partial charge is 0.357 e. The van der Waals surface area contributed by atoms with Gasteiger partial charge in [0.25, 0.3) is 0 Å². The van der Waals surface area contributed by atoms with E-state index < -0.39 is 0 Å². The summed E-state index contributed by atoms with van der Waals surface area (Å²) < 4.78 is 0. The number of nitrogens with zero attached hydrogens (tertiary/aromatic N) is 3. The van der Waals surface area contributed by atoms with Crippen LogP contribution in [0, 0.1) is 5.92 Å². The average Bonchev–Trinajstić information content (AvgIpc) is 2.37. The SMILES string of the molecule is CNc1nc(Cl)nc(NCC2CCCCC2)n1. The number of nitrogens with one attached hydrogen (secondary N) is 2. The first kappa shape index (κ1) is 12.4. The third-order valence-electron chi connectivity index (χ3n) is 3.11. The van der Waals surface area contributed by atoms with Crippen LogP contribution in [0.5, 0.6) is 0 Å². The number of halogens is 1. The Hall–Kier alpha value is -1.10. The number of rotatable bonds is 4. The van der Waals surface area contributed by atoms with Gasteiger partial charge in [-0.3, -0.25) is 0 Å². The molecule has 0 unspecified atom stereocenters. The van der Waals surface area contributed by atoms with E-state index in [4.69, 9.17) is 11.6 Å². The summed E-state index contributed by atoms with van der Waals surface area (Å²) >= 11 is 5.81. The normalized spacial score (nSPS) is 16.8. The lowest BCUT2D eigenvalue weighted by Crippen LogP contribution is -2.18. The van der Waals surface area contributed by atoms with Crippen LogP contribution >= 0.6 is 11.6 Å². The Kier molecular flexibility index (Phi) is 4.36. The van der Waals surface area contributed by atoms with E-state index in [2.05, 4.69) is 25.6 Å². The van der Waals surface area contributed by atoms with Gasteiger partial charge in [0.2, 0.25) is 17.2 Å². The summed E-state index contributed by atoms with van der Waals surface area (Å²) in [6.07, 6.45) is 6.64. The molecule has 0 radical (unpaired) electrons. The van der Waals surface area contributed by atoms with E-state index in [1.54, 1.807) is 7.05 Å². The Morgan fingerprint density at radius 2 is 1.82 bits per heavy atom. The van der Waals surface area contributed by atoms with Crippen LogP contribution in [0.25, 0.3) is 0 Å². The molecule has 17 heavy (non-hydrogen) atoms. The first-order chi connectivity index (χ1) is 8.28. The summed E-state index contributed by atoms with van der Waals surface area (Å²) in [5.41, 5.74) is 0. The summed E-state index contributed by atoms with van der Waals surface area (Å²) in [4.78, 5) is 12.2. The molecule has 0 amide bonds. The summed E-state index contributed by atoms with van der Waals surface area (Å²) in [7, 11) is 1.76. The van der Waals surface area contributed by atoms with Gasteiger partial charge >= 0.3 is 0 Å². The average molecular weight is 256 g/mol. The molecule has 2 rings (SSSR count). The molecule has 5 nitrogen and oxygen atoms in total. The van der Waals surface area contributed by atoms with Crippen molar-refractivity contribution in [1.82, 2.24) is 15.0 Å². The van der Waals surface area contributed by atoms with E-state index in [0.29, 0.717) is 11.9 Å². The molecule has 1 heterocycles. The smallest absolute Gasteiger partial charge is 0.228 e. The zero-order valence-corrected chi connectivity index (χ0v) is 10.8. The predicted octanol–water partition coefficient (Wildman–Crippen LogP) is 2.56. The Labute approximate surface area is 106 Å². The van der Waals surface area contributed by atoms with Crippen molar-refractivity contribution in [1.29, 1.82) is 0 Å². The van der Waals surface area contributed by atoms with Crippen LogP contribution < -0.4 is 10.6 Å². The molecule has 0 spiro atoms. The van der Waals surface area contributed by atoms with Crippen molar-refractivity contribution in [2.45, 2.75) is 32.1 Å². The fourth-order valence-electron chi connectivity index (χ4n) is 2.17. The van der Waals surface area contributed by atoms with E-state index in [0.717, 1.165) is 12.5 Å². The molecule has 2 N–H and O–H groups in total. The fraction of sp³-hybridized carbons (Fsp3) is 0.727. The van der Waals surface area contributed by atoms with Crippen LogP contribution in [0.2, 0.25) is 5.28 Å². The van der Waals surface area contributed by atoms with Gasteiger partial charge in [0.05, 0.1) is 0 Å². The Morgan fingerprint density at radius 3 is 2.53 bits per heavy atom. The molecule has 1 aromatic heterocycles. The number of hydrogen-bond acceptors (Lipinski definition) is 5. The van der Waals surface area contributed by atoms with Crippen LogP contribution in [0.1, 0.15) is 32.1 Å². The minimum atomic E-state index is 0.218. The van der Waals surface area contributed by atoms with E-state index in [1.165, 1.54) is 32.1 Å². The van der Waals surface area contributed by atoms with E-state index in [9.17, 15) is 0 Å². The predicted molar refractivity (Wildman–Crippen MR) is 69.4 cm³/mol. The summed E-state index contributed by atoms with van der Waals surface area (Å²) in [6.45, 7) is 0.920. The quantitative estimate of drug-likeness (QED) is 0.866. The Balaban J connectivity index is 1.91. The van der Waals surface area contributed by atoms with Crippen LogP contribution in [0.15, 0.2) is 0 Å². The van der Waals surface area contributed by atoms with Gasteiger partial charge in [0.15, 0.2) is 0 Å². The van der Waals surface area contributed by atoms with Gasteiger partial charge in [-0.2, -0.15) is 15.0 Å². The molecule has 0 bridgehead atoms. The monoisotopic (exact) mass is 255 g/mol. The minimum Gasteiger partial charge on any atom is -0.357 e. The number of anilines is 2. The molecule has 94 valence electrons. The standard InChI is InChI=1S/C11H18ClN5/c1-13-10-15-9(12)16-11(17-10)14-7-8-5-3-2-4-6-8/h8H,2-7H2,1H3,(H2,13,14,15,16,17). The van der Waals surface area contributed by atoms with Crippen molar-refractivity contribution in [2.24, 2.45) is 5.92 Å². The first-order valence-corrected chi connectivity index (χ1v) is 6.49. The maximum atomic E-state index is 5.81. The fourth-order valence-corrected chi connectivity index (χ4v) is 2.33. The Bertz CT molecular complexity index is 365. The number of hydrogen-bond donors (Lipinski definition) is 2. The van der Waals surface area contributed by atoms with Gasteiger partial charge in [0, 0.05) is 13.6 Å². The maximum absolute atomic E-state index is 5.81. The van der Waals surface area contributed by atoms with Gasteiger partial charge in [0.1, 0.15) is 0 Å². The topological polar surface area (TPSA) is 62.7 Å². The Morgan fingerprint density at radius 1 is 1.12 bits per heavy atom. The first-order valence-electron chi connectivity index (χ1n) is 6.11. The van der Waals surface area contributed by atoms with E-state index >= 15 is 0 Å². The van der Waals surface area contributed by atoms with Crippen LogP contribution in [-0.4, -0.2) is 28.5 Å². The highest BCUT2D eigenvalue weighted by atomic mass is 35.5. The highest BCUT2D eigenvalue weighted by Gasteiger charge is 2.13. The highest BCUT2D eigenvalue weighted by Crippen LogP contribution is 2.23. The molecular formula is C11H18ClN5.